The third-order valence-corrected chi connectivity index (χ3v) is 4.36. The van der Waals surface area contributed by atoms with Crippen molar-refractivity contribution in [3.8, 4) is 5.69 Å². The summed E-state index contributed by atoms with van der Waals surface area (Å²) < 4.78 is 16.2. The lowest BCUT2D eigenvalue weighted by Crippen LogP contribution is -2.00. The molecule has 21 heavy (non-hydrogen) atoms. The van der Waals surface area contributed by atoms with Gasteiger partial charge < -0.3 is 0 Å². The number of halogens is 5. The number of hydrogen-bond acceptors (Lipinski definition) is 1. The molecule has 7 heteroatoms. The Bertz CT molecular complexity index is 848. The fraction of sp³-hybridized carbons (Fsp3) is 0.0714. The van der Waals surface area contributed by atoms with Gasteiger partial charge in [0.05, 0.1) is 32.6 Å². The van der Waals surface area contributed by atoms with Crippen molar-refractivity contribution in [2.75, 3.05) is 0 Å². The van der Waals surface area contributed by atoms with Gasteiger partial charge in [0.15, 0.2) is 0 Å². The Morgan fingerprint density at radius 2 is 1.90 bits per heavy atom. The molecule has 0 aliphatic carbocycles. The Hall–Kier alpha value is -0.810. The Balaban J connectivity index is 2.37. The van der Waals surface area contributed by atoms with Crippen molar-refractivity contribution in [2.45, 2.75) is 5.88 Å². The molecular formula is C14H7BrCl3FN2. The number of fused-ring (bicyclic) bond motifs is 1. The molecule has 1 heterocycles. The van der Waals surface area contributed by atoms with Gasteiger partial charge in [-0.15, -0.1) is 11.6 Å². The maximum atomic E-state index is 13.6. The highest BCUT2D eigenvalue weighted by molar-refractivity contribution is 9.10. The molecule has 0 unspecified atom stereocenters. The van der Waals surface area contributed by atoms with Gasteiger partial charge in [0.25, 0.3) is 0 Å². The highest BCUT2D eigenvalue weighted by Gasteiger charge is 2.16. The summed E-state index contributed by atoms with van der Waals surface area (Å²) in [5.41, 5.74) is 1.84. The molecule has 0 spiro atoms. The summed E-state index contributed by atoms with van der Waals surface area (Å²) >= 11 is 21.5. The molecular weight excluding hydrogens is 401 g/mol. The number of aromatic nitrogens is 2. The van der Waals surface area contributed by atoms with Crippen LogP contribution in [0.3, 0.4) is 0 Å². The van der Waals surface area contributed by atoms with Crippen LogP contribution < -0.4 is 0 Å². The Kier molecular flexibility index (Phi) is 4.14. The monoisotopic (exact) mass is 406 g/mol. The average Bonchev–Trinajstić information content (AvgIpc) is 2.77. The summed E-state index contributed by atoms with van der Waals surface area (Å²) in [5, 5.41) is 0.550. The molecule has 1 aromatic heterocycles. The molecule has 0 atom stereocenters. The highest BCUT2D eigenvalue weighted by atomic mass is 79.9. The number of benzene rings is 2. The minimum Gasteiger partial charge on any atom is -0.294 e. The first-order valence-electron chi connectivity index (χ1n) is 5.89. The van der Waals surface area contributed by atoms with Crippen molar-refractivity contribution in [3.63, 3.8) is 0 Å². The van der Waals surface area contributed by atoms with E-state index in [4.69, 9.17) is 34.8 Å². The van der Waals surface area contributed by atoms with Crippen LogP contribution in [0.5, 0.6) is 0 Å². The van der Waals surface area contributed by atoms with Gasteiger partial charge in [-0.25, -0.2) is 9.37 Å². The van der Waals surface area contributed by atoms with Crippen molar-refractivity contribution in [3.05, 3.63) is 56.5 Å². The van der Waals surface area contributed by atoms with Crippen LogP contribution in [0.1, 0.15) is 5.82 Å². The van der Waals surface area contributed by atoms with Crippen LogP contribution in [0.25, 0.3) is 16.7 Å². The summed E-state index contributed by atoms with van der Waals surface area (Å²) in [6.45, 7) is 0. The van der Waals surface area contributed by atoms with Crippen LogP contribution in [-0.4, -0.2) is 9.55 Å². The summed E-state index contributed by atoms with van der Waals surface area (Å²) in [6.07, 6.45) is 0. The molecule has 0 aliphatic rings. The first-order valence-corrected chi connectivity index (χ1v) is 7.97. The standard InChI is InChI=1S/C14H7BrCl3FN2/c15-7-1-2-12(9(18)3-7)21-13-4-8(17)10(19)5-11(13)20-14(21)6-16/h1-5H,6H2. The molecule has 0 aliphatic heterocycles. The lowest BCUT2D eigenvalue weighted by Gasteiger charge is -2.10. The predicted octanol–water partition coefficient (Wildman–Crippen LogP) is 5.97. The molecule has 3 rings (SSSR count). The maximum absolute atomic E-state index is 13.6. The van der Waals surface area contributed by atoms with Crippen molar-refractivity contribution in [1.82, 2.24) is 9.55 Å². The second kappa shape index (κ2) is 5.76. The van der Waals surface area contributed by atoms with E-state index in [1.54, 1.807) is 10.6 Å². The van der Waals surface area contributed by atoms with E-state index in [0.717, 1.165) is 4.47 Å². The molecule has 2 aromatic carbocycles. The van der Waals surface area contributed by atoms with Gasteiger partial charge in [0.1, 0.15) is 11.6 Å². The molecule has 3 aromatic rings. The second-order valence-corrected chi connectivity index (χ2v) is 6.35. The Labute approximate surface area is 143 Å². The Morgan fingerprint density at radius 3 is 2.57 bits per heavy atom. The molecule has 0 radical (unpaired) electrons. The van der Waals surface area contributed by atoms with E-state index in [1.165, 1.54) is 12.1 Å². The van der Waals surface area contributed by atoms with E-state index in [0.29, 0.717) is 27.6 Å². The first-order chi connectivity index (χ1) is 10.0. The van der Waals surface area contributed by atoms with Gasteiger partial charge in [0.2, 0.25) is 0 Å². The van der Waals surface area contributed by atoms with Crippen molar-refractivity contribution < 1.29 is 4.39 Å². The van der Waals surface area contributed by atoms with Gasteiger partial charge >= 0.3 is 0 Å². The normalized spacial score (nSPS) is 11.3. The number of nitrogens with zero attached hydrogens (tertiary/aromatic N) is 2. The van der Waals surface area contributed by atoms with Gasteiger partial charge in [-0.05, 0) is 24.3 Å². The molecule has 2 nitrogen and oxygen atoms in total. The maximum Gasteiger partial charge on any atom is 0.144 e. The number of alkyl halides is 1. The van der Waals surface area contributed by atoms with Crippen molar-refractivity contribution in [2.24, 2.45) is 0 Å². The van der Waals surface area contributed by atoms with E-state index < -0.39 is 5.82 Å². The smallest absolute Gasteiger partial charge is 0.144 e. The number of rotatable bonds is 2. The van der Waals surface area contributed by atoms with E-state index in [9.17, 15) is 4.39 Å². The van der Waals surface area contributed by atoms with E-state index in [1.807, 2.05) is 12.1 Å². The summed E-state index contributed by atoms with van der Waals surface area (Å²) in [5.74, 6) is 0.217. The van der Waals surface area contributed by atoms with E-state index >= 15 is 0 Å². The third kappa shape index (κ3) is 2.66. The number of hydrogen-bond donors (Lipinski definition) is 0. The molecule has 0 fully saturated rings. The zero-order valence-electron chi connectivity index (χ0n) is 10.4. The molecule has 0 saturated carbocycles. The van der Waals surface area contributed by atoms with E-state index in [-0.39, 0.29) is 10.9 Å². The Morgan fingerprint density at radius 1 is 1.14 bits per heavy atom. The second-order valence-electron chi connectivity index (χ2n) is 4.35. The molecule has 0 bridgehead atoms. The van der Waals surface area contributed by atoms with Crippen LogP contribution in [0.2, 0.25) is 10.0 Å². The zero-order chi connectivity index (χ0) is 15.1. The molecule has 108 valence electrons. The molecule has 0 amide bonds. The lowest BCUT2D eigenvalue weighted by molar-refractivity contribution is 0.630. The average molecular weight is 408 g/mol. The van der Waals surface area contributed by atoms with Crippen molar-refractivity contribution in [1.29, 1.82) is 0 Å². The topological polar surface area (TPSA) is 17.8 Å². The van der Waals surface area contributed by atoms with Gasteiger partial charge in [0, 0.05) is 10.5 Å². The summed E-state index contributed by atoms with van der Waals surface area (Å²) in [6, 6.07) is 8.27. The quantitative estimate of drug-likeness (QED) is 0.478. The fourth-order valence-electron chi connectivity index (χ4n) is 2.14. The minimum atomic E-state index is -0.517. The van der Waals surface area contributed by atoms with E-state index in [2.05, 4.69) is 20.9 Å². The highest BCUT2D eigenvalue weighted by Crippen LogP contribution is 2.31. The zero-order valence-corrected chi connectivity index (χ0v) is 14.2. The number of imidazole rings is 1. The van der Waals surface area contributed by atoms with Gasteiger partial charge in [-0.1, -0.05) is 39.1 Å². The fourth-order valence-corrected chi connectivity index (χ4v) is 3.24. The molecule has 0 N–H and O–H groups in total. The first kappa shape index (κ1) is 15.1. The van der Waals surface area contributed by atoms with Crippen LogP contribution in [0, 0.1) is 5.82 Å². The van der Waals surface area contributed by atoms with Crippen LogP contribution in [0.4, 0.5) is 4.39 Å². The van der Waals surface area contributed by atoms with Crippen LogP contribution in [0.15, 0.2) is 34.8 Å². The van der Waals surface area contributed by atoms with Crippen LogP contribution >= 0.6 is 50.7 Å². The predicted molar refractivity (Wildman–Crippen MR) is 88.3 cm³/mol. The SMILES string of the molecule is Fc1cc2nc(CCl)n(-c3ccc(Br)cc3Cl)c2cc1Cl. The lowest BCUT2D eigenvalue weighted by atomic mass is 10.2. The largest absolute Gasteiger partial charge is 0.294 e. The van der Waals surface area contributed by atoms with Gasteiger partial charge in [-0.2, -0.15) is 0 Å². The van der Waals surface area contributed by atoms with Crippen molar-refractivity contribution >= 4 is 61.8 Å². The minimum absolute atomic E-state index is 0.0259. The molecule has 0 saturated heterocycles. The summed E-state index contributed by atoms with van der Waals surface area (Å²) in [4.78, 5) is 4.34. The van der Waals surface area contributed by atoms with Crippen LogP contribution in [-0.2, 0) is 5.88 Å². The van der Waals surface area contributed by atoms with Gasteiger partial charge in [-0.3, -0.25) is 4.57 Å². The summed E-state index contributed by atoms with van der Waals surface area (Å²) in [7, 11) is 0. The third-order valence-electron chi connectivity index (χ3n) is 3.04.